The first kappa shape index (κ1) is 14.0. The van der Waals surface area contributed by atoms with Crippen molar-refractivity contribution in [3.8, 4) is 0 Å². The van der Waals surface area contributed by atoms with Crippen LogP contribution in [0.3, 0.4) is 0 Å². The zero-order valence-corrected chi connectivity index (χ0v) is 11.5. The minimum absolute atomic E-state index is 0.151. The Labute approximate surface area is 116 Å². The van der Waals surface area contributed by atoms with E-state index in [4.69, 9.17) is 5.11 Å². The van der Waals surface area contributed by atoms with E-state index in [1.54, 1.807) is 25.4 Å². The van der Waals surface area contributed by atoms with E-state index in [0.29, 0.717) is 18.5 Å². The molecule has 0 spiro atoms. The highest BCUT2D eigenvalue weighted by Crippen LogP contribution is 2.08. The molecule has 0 radical (unpaired) electrons. The third-order valence-corrected chi connectivity index (χ3v) is 3.27. The van der Waals surface area contributed by atoms with Crippen molar-refractivity contribution in [1.29, 1.82) is 0 Å². The van der Waals surface area contributed by atoms with Crippen LogP contribution in [0.2, 0.25) is 0 Å². The van der Waals surface area contributed by atoms with Gasteiger partial charge in [0.2, 0.25) is 0 Å². The highest BCUT2D eigenvalue weighted by atomic mass is 16.4. The van der Waals surface area contributed by atoms with E-state index >= 15 is 0 Å². The molecule has 2 heterocycles. The zero-order chi connectivity index (χ0) is 14.7. The van der Waals surface area contributed by atoms with Crippen molar-refractivity contribution in [3.05, 3.63) is 63.3 Å². The summed E-state index contributed by atoms with van der Waals surface area (Å²) < 4.78 is 1.50. The molecule has 0 saturated heterocycles. The summed E-state index contributed by atoms with van der Waals surface area (Å²) in [6, 6.07) is 5.50. The van der Waals surface area contributed by atoms with Gasteiger partial charge in [-0.15, -0.1) is 0 Å². The predicted octanol–water partition coefficient (Wildman–Crippen LogP) is 1.80. The van der Waals surface area contributed by atoms with Crippen molar-refractivity contribution in [1.82, 2.24) is 9.55 Å². The second-order valence-corrected chi connectivity index (χ2v) is 4.72. The van der Waals surface area contributed by atoms with Crippen LogP contribution >= 0.6 is 0 Å². The van der Waals surface area contributed by atoms with Crippen LogP contribution in [0.15, 0.2) is 35.4 Å². The van der Waals surface area contributed by atoms with Crippen LogP contribution in [0.5, 0.6) is 0 Å². The lowest BCUT2D eigenvalue weighted by Gasteiger charge is -2.12. The molecule has 0 amide bonds. The van der Waals surface area contributed by atoms with Gasteiger partial charge in [-0.3, -0.25) is 9.78 Å². The van der Waals surface area contributed by atoms with Crippen LogP contribution in [0.25, 0.3) is 0 Å². The first-order valence-corrected chi connectivity index (χ1v) is 6.34. The van der Waals surface area contributed by atoms with Gasteiger partial charge in [0.15, 0.2) is 0 Å². The van der Waals surface area contributed by atoms with Crippen LogP contribution in [0, 0.1) is 13.8 Å². The van der Waals surface area contributed by atoms with E-state index in [2.05, 4.69) is 4.98 Å². The number of aromatic nitrogens is 2. The number of carbonyl (C=O) groups is 1. The van der Waals surface area contributed by atoms with Crippen molar-refractivity contribution >= 4 is 5.97 Å². The van der Waals surface area contributed by atoms with Crippen molar-refractivity contribution in [2.75, 3.05) is 0 Å². The number of hydrogen-bond acceptors (Lipinski definition) is 3. The molecule has 2 aromatic heterocycles. The van der Waals surface area contributed by atoms with Gasteiger partial charge < -0.3 is 9.67 Å². The summed E-state index contributed by atoms with van der Waals surface area (Å²) in [5.74, 6) is -1.18. The molecule has 5 heteroatoms. The number of rotatable bonds is 4. The Bertz CT molecular complexity index is 690. The second-order valence-electron chi connectivity index (χ2n) is 4.72. The van der Waals surface area contributed by atoms with E-state index in [1.165, 1.54) is 4.57 Å². The Hall–Kier alpha value is -2.43. The Morgan fingerprint density at radius 2 is 2.15 bits per heavy atom. The number of carboxylic acid groups (broad SMARTS) is 1. The molecule has 0 unspecified atom stereocenters. The van der Waals surface area contributed by atoms with E-state index in [9.17, 15) is 9.59 Å². The maximum absolute atomic E-state index is 12.2. The van der Waals surface area contributed by atoms with Gasteiger partial charge in [-0.1, -0.05) is 6.07 Å². The first-order chi connectivity index (χ1) is 9.50. The van der Waals surface area contributed by atoms with E-state index in [0.717, 1.165) is 11.3 Å². The van der Waals surface area contributed by atoms with Crippen molar-refractivity contribution in [2.45, 2.75) is 26.8 Å². The molecule has 0 atom stereocenters. The van der Waals surface area contributed by atoms with Gasteiger partial charge in [0.1, 0.15) is 5.56 Å². The van der Waals surface area contributed by atoms with Crippen LogP contribution in [-0.4, -0.2) is 20.6 Å². The number of nitrogens with zero attached hydrogens (tertiary/aromatic N) is 2. The number of carboxylic acids is 1. The summed E-state index contributed by atoms with van der Waals surface area (Å²) in [6.45, 7) is 3.89. The summed E-state index contributed by atoms with van der Waals surface area (Å²) in [4.78, 5) is 27.4. The Kier molecular flexibility index (Phi) is 3.98. The lowest BCUT2D eigenvalue weighted by molar-refractivity contribution is 0.0693. The summed E-state index contributed by atoms with van der Waals surface area (Å²) in [5.41, 5.74) is 1.68. The number of hydrogen-bond donors (Lipinski definition) is 1. The molecule has 0 saturated carbocycles. The van der Waals surface area contributed by atoms with Gasteiger partial charge in [-0.25, -0.2) is 4.79 Å². The normalized spacial score (nSPS) is 10.5. The summed E-state index contributed by atoms with van der Waals surface area (Å²) in [7, 11) is 0. The van der Waals surface area contributed by atoms with Crippen molar-refractivity contribution in [2.24, 2.45) is 0 Å². The SMILES string of the molecule is Cc1cc(C)n(CCc2cccnc2)c(=O)c1C(=O)O. The van der Waals surface area contributed by atoms with Crippen LogP contribution in [-0.2, 0) is 13.0 Å². The van der Waals surface area contributed by atoms with Crippen LogP contribution in [0.1, 0.15) is 27.2 Å². The molecule has 0 aliphatic rings. The fourth-order valence-electron chi connectivity index (χ4n) is 2.25. The summed E-state index contributed by atoms with van der Waals surface area (Å²) >= 11 is 0. The van der Waals surface area contributed by atoms with Gasteiger partial charge in [-0.05, 0) is 43.5 Å². The maximum Gasteiger partial charge on any atom is 0.341 e. The van der Waals surface area contributed by atoms with Gasteiger partial charge in [-0.2, -0.15) is 0 Å². The molecular formula is C15H16N2O3. The van der Waals surface area contributed by atoms with Crippen LogP contribution in [0.4, 0.5) is 0 Å². The highest BCUT2D eigenvalue weighted by Gasteiger charge is 2.16. The number of aryl methyl sites for hydroxylation is 3. The molecule has 0 aliphatic carbocycles. The van der Waals surface area contributed by atoms with E-state index in [-0.39, 0.29) is 5.56 Å². The molecule has 1 N–H and O–H groups in total. The maximum atomic E-state index is 12.2. The summed E-state index contributed by atoms with van der Waals surface area (Å²) in [6.07, 6.45) is 4.07. The number of pyridine rings is 2. The molecule has 2 aromatic rings. The predicted molar refractivity (Wildman–Crippen MR) is 75.1 cm³/mol. The average molecular weight is 272 g/mol. The summed E-state index contributed by atoms with van der Waals surface area (Å²) in [5, 5.41) is 9.12. The smallest absolute Gasteiger partial charge is 0.341 e. The molecule has 0 fully saturated rings. The fraction of sp³-hybridized carbons (Fsp3) is 0.267. The van der Waals surface area contributed by atoms with E-state index in [1.807, 2.05) is 19.1 Å². The van der Waals surface area contributed by atoms with Gasteiger partial charge in [0.05, 0.1) is 0 Å². The van der Waals surface area contributed by atoms with Crippen molar-refractivity contribution < 1.29 is 9.90 Å². The fourth-order valence-corrected chi connectivity index (χ4v) is 2.25. The first-order valence-electron chi connectivity index (χ1n) is 6.34. The Balaban J connectivity index is 2.35. The largest absolute Gasteiger partial charge is 0.477 e. The van der Waals surface area contributed by atoms with E-state index < -0.39 is 11.5 Å². The lowest BCUT2D eigenvalue weighted by Crippen LogP contribution is -2.29. The molecular weight excluding hydrogens is 256 g/mol. The Morgan fingerprint density at radius 3 is 2.75 bits per heavy atom. The molecule has 0 aliphatic heterocycles. The highest BCUT2D eigenvalue weighted by molar-refractivity contribution is 5.88. The third kappa shape index (κ3) is 2.77. The molecule has 0 aromatic carbocycles. The van der Waals surface area contributed by atoms with Crippen molar-refractivity contribution in [3.63, 3.8) is 0 Å². The van der Waals surface area contributed by atoms with Gasteiger partial charge >= 0.3 is 5.97 Å². The molecule has 0 bridgehead atoms. The number of aromatic carboxylic acids is 1. The zero-order valence-electron chi connectivity index (χ0n) is 11.5. The Morgan fingerprint density at radius 1 is 1.40 bits per heavy atom. The monoisotopic (exact) mass is 272 g/mol. The topological polar surface area (TPSA) is 72.2 Å². The lowest BCUT2D eigenvalue weighted by atomic mass is 10.1. The molecule has 5 nitrogen and oxygen atoms in total. The van der Waals surface area contributed by atoms with Gasteiger partial charge in [0, 0.05) is 24.6 Å². The molecule has 20 heavy (non-hydrogen) atoms. The second kappa shape index (κ2) is 5.69. The quantitative estimate of drug-likeness (QED) is 0.921. The molecule has 2 rings (SSSR count). The standard InChI is InChI=1S/C15H16N2O3/c1-10-8-11(2)17(14(18)13(10)15(19)20)7-5-12-4-3-6-16-9-12/h3-4,6,8-9H,5,7H2,1-2H3,(H,19,20). The van der Waals surface area contributed by atoms with Crippen LogP contribution < -0.4 is 5.56 Å². The minimum atomic E-state index is -1.18. The van der Waals surface area contributed by atoms with Gasteiger partial charge in [0.25, 0.3) is 5.56 Å². The molecule has 104 valence electrons. The third-order valence-electron chi connectivity index (χ3n) is 3.27. The average Bonchev–Trinajstić information content (AvgIpc) is 2.38. The minimum Gasteiger partial charge on any atom is -0.477 e.